The summed E-state index contributed by atoms with van der Waals surface area (Å²) in [6, 6.07) is 36.9. The highest BCUT2D eigenvalue weighted by Gasteiger charge is 2.26. The van der Waals surface area contributed by atoms with Crippen LogP contribution < -0.4 is 32.2 Å². The van der Waals surface area contributed by atoms with Gasteiger partial charge in [0.1, 0.15) is 50.7 Å². The van der Waals surface area contributed by atoms with Gasteiger partial charge in [-0.15, -0.1) is 0 Å². The number of aromatic carboxylic acids is 1. The van der Waals surface area contributed by atoms with Crippen LogP contribution in [-0.2, 0) is 61.1 Å². The first-order valence-electron chi connectivity index (χ1n) is 27.0. The number of carboxylic acids is 1. The van der Waals surface area contributed by atoms with Gasteiger partial charge in [0.15, 0.2) is 0 Å². The number of aromatic nitrogens is 6. The number of esters is 2. The van der Waals surface area contributed by atoms with Gasteiger partial charge in [-0.05, 0) is 136 Å². The van der Waals surface area contributed by atoms with Gasteiger partial charge in [-0.2, -0.15) is 0 Å². The monoisotopic (exact) mass is 1080 g/mol. The van der Waals surface area contributed by atoms with E-state index in [9.17, 15) is 33.9 Å². The highest BCUT2D eigenvalue weighted by molar-refractivity contribution is 5.94. The molecule has 408 valence electrons. The first-order valence-corrected chi connectivity index (χ1v) is 27.0. The smallest absolute Gasteiger partial charge is 0.343 e. The number of carbonyl (C=O) groups is 3. The molecule has 0 atom stereocenters. The zero-order chi connectivity index (χ0) is 56.0. The molecular formula is C62H61N9O9. The van der Waals surface area contributed by atoms with Crippen LogP contribution in [0.25, 0.3) is 33.1 Å². The number of ether oxygens (including phenoxy) is 2. The molecule has 0 amide bonds. The Balaban J connectivity index is 0.000000135. The average Bonchev–Trinajstić information content (AvgIpc) is 4.21. The molecule has 9 aromatic rings. The lowest BCUT2D eigenvalue weighted by Crippen LogP contribution is -2.23. The van der Waals surface area contributed by atoms with E-state index in [-0.39, 0.29) is 64.6 Å². The summed E-state index contributed by atoms with van der Waals surface area (Å²) >= 11 is 0. The van der Waals surface area contributed by atoms with E-state index in [0.717, 1.165) is 38.5 Å². The first-order chi connectivity index (χ1) is 38.8. The van der Waals surface area contributed by atoms with E-state index < -0.39 is 34.2 Å². The van der Waals surface area contributed by atoms with Crippen molar-refractivity contribution in [3.63, 3.8) is 0 Å². The molecule has 18 nitrogen and oxygen atoms in total. The molecular weight excluding hydrogens is 1010 g/mol. The molecule has 3 aliphatic carbocycles. The number of carbonyl (C=O) groups excluding carboxylic acids is 2. The third-order valence-corrected chi connectivity index (χ3v) is 14.7. The average molecular weight is 1080 g/mol. The van der Waals surface area contributed by atoms with Crippen molar-refractivity contribution in [2.45, 2.75) is 97.4 Å². The van der Waals surface area contributed by atoms with Gasteiger partial charge in [0.05, 0.1) is 29.8 Å². The Morgan fingerprint density at radius 2 is 0.850 bits per heavy atom. The summed E-state index contributed by atoms with van der Waals surface area (Å²) in [4.78, 5) is 89.9. The highest BCUT2D eigenvalue weighted by Crippen LogP contribution is 2.28. The lowest BCUT2D eigenvalue weighted by Gasteiger charge is -2.15. The van der Waals surface area contributed by atoms with Gasteiger partial charge in [-0.25, -0.2) is 29.3 Å². The fraction of sp³-hybridized carbons (Fsp3) is 0.274. The van der Waals surface area contributed by atoms with E-state index in [2.05, 4.69) is 84.4 Å². The molecule has 0 spiro atoms. The van der Waals surface area contributed by atoms with E-state index >= 15 is 0 Å². The second-order valence-corrected chi connectivity index (χ2v) is 19.9. The molecule has 6 aromatic heterocycles. The van der Waals surface area contributed by atoms with Crippen LogP contribution in [0.2, 0.25) is 0 Å². The van der Waals surface area contributed by atoms with Crippen LogP contribution in [0.1, 0.15) is 92.1 Å². The second-order valence-electron chi connectivity index (χ2n) is 19.9. The molecule has 0 fully saturated rings. The number of nitrogens with zero attached hydrogens (tertiary/aromatic N) is 5. The first kappa shape index (κ1) is 53.9. The minimum absolute atomic E-state index is 0.0223. The molecule has 0 radical (unpaired) electrons. The molecule has 3 aliphatic rings. The number of rotatable bonds is 13. The number of aromatic amines is 1. The van der Waals surface area contributed by atoms with Gasteiger partial charge < -0.3 is 44.6 Å². The number of anilines is 3. The highest BCUT2D eigenvalue weighted by atomic mass is 16.5. The number of benzene rings is 3. The Kier molecular flexibility index (Phi) is 15.9. The summed E-state index contributed by atoms with van der Waals surface area (Å²) in [5.41, 5.74) is 9.05. The number of pyridine rings is 6. The minimum atomic E-state index is -1.23. The number of hydrogen-bond donors (Lipinski definition) is 5. The van der Waals surface area contributed by atoms with Crippen LogP contribution in [-0.4, -0.2) is 83.4 Å². The fourth-order valence-corrected chi connectivity index (χ4v) is 10.9. The van der Waals surface area contributed by atoms with Crippen molar-refractivity contribution in [1.82, 2.24) is 29.1 Å². The van der Waals surface area contributed by atoms with Crippen LogP contribution in [0.15, 0.2) is 142 Å². The molecule has 0 saturated carbocycles. The van der Waals surface area contributed by atoms with Crippen molar-refractivity contribution in [3.05, 3.63) is 209 Å². The number of aryl methyl sites for hydroxylation is 2. The zero-order valence-electron chi connectivity index (χ0n) is 44.9. The summed E-state index contributed by atoms with van der Waals surface area (Å²) in [5, 5.41) is 19.5. The van der Waals surface area contributed by atoms with E-state index in [0.29, 0.717) is 47.1 Å². The normalized spacial score (nSPS) is 13.6. The third kappa shape index (κ3) is 11.4. The summed E-state index contributed by atoms with van der Waals surface area (Å²) < 4.78 is 13.6. The van der Waals surface area contributed by atoms with E-state index in [1.165, 1.54) is 45.8 Å². The van der Waals surface area contributed by atoms with Crippen LogP contribution in [0.4, 0.5) is 17.5 Å². The molecule has 6 heterocycles. The second kappa shape index (κ2) is 23.7. The topological polar surface area (TPSA) is 242 Å². The molecule has 18 heteroatoms. The maximum atomic E-state index is 12.9. The van der Waals surface area contributed by atoms with E-state index in [4.69, 9.17) is 9.47 Å². The van der Waals surface area contributed by atoms with Crippen molar-refractivity contribution >= 4 is 68.5 Å². The lowest BCUT2D eigenvalue weighted by atomic mass is 10.1. The van der Waals surface area contributed by atoms with Gasteiger partial charge in [-0.3, -0.25) is 14.4 Å². The number of H-pyrrole nitrogens is 1. The molecule has 5 N–H and O–H groups in total. The minimum Gasteiger partial charge on any atom is -0.477 e. The van der Waals surface area contributed by atoms with Crippen LogP contribution in [0, 0.1) is 0 Å². The largest absolute Gasteiger partial charge is 0.477 e. The number of nitrogens with one attached hydrogen (secondary N) is 4. The Labute approximate surface area is 459 Å². The van der Waals surface area contributed by atoms with Gasteiger partial charge >= 0.3 is 17.9 Å². The van der Waals surface area contributed by atoms with Gasteiger partial charge in [0.2, 0.25) is 16.3 Å². The SMILES string of the molecule is CCOC(=O)c1c[nH]c2ccc(NC3Cc4ccccc4C3)nc2c1=O.CCOC(=O)c1cn(CC)c2ccc(NC3Cc4ccccc4C3)nc2c1=O.CCn1cc(C(=O)O)c(=O)c2nc(NC3Cc4ccccc4C3)ccc21. The summed E-state index contributed by atoms with van der Waals surface area (Å²) in [6.07, 6.45) is 9.85. The van der Waals surface area contributed by atoms with E-state index in [1.807, 2.05) is 73.0 Å². The molecule has 0 bridgehead atoms. The quantitative estimate of drug-likeness (QED) is 0.0680. The van der Waals surface area contributed by atoms with Crippen molar-refractivity contribution in [2.24, 2.45) is 0 Å². The molecule has 0 saturated heterocycles. The van der Waals surface area contributed by atoms with Crippen molar-refractivity contribution < 1.29 is 29.0 Å². The third-order valence-electron chi connectivity index (χ3n) is 14.7. The summed E-state index contributed by atoms with van der Waals surface area (Å²) in [5.74, 6) is -0.610. The predicted molar refractivity (Wildman–Crippen MR) is 308 cm³/mol. The lowest BCUT2D eigenvalue weighted by molar-refractivity contribution is 0.0514. The molecule has 0 unspecified atom stereocenters. The Morgan fingerprint density at radius 1 is 0.500 bits per heavy atom. The van der Waals surface area contributed by atoms with Crippen molar-refractivity contribution in [3.8, 4) is 0 Å². The van der Waals surface area contributed by atoms with Crippen LogP contribution in [0.5, 0.6) is 0 Å². The van der Waals surface area contributed by atoms with Crippen molar-refractivity contribution in [2.75, 3.05) is 29.2 Å². The standard InChI is InChI=1S/C22H23N3O3.2C20H19N3O3/c1-3-25-13-17(22(27)28-4-2)21(26)20-18(25)9-10-19(24-20)23-16-11-14-7-5-6-8-15(14)12-16;1-2-23-11-15(20(25)26)19(24)18-16(23)7-8-17(22-18)21-14-9-12-5-3-4-6-13(12)10-14;1-2-26-20(25)15-11-21-16-7-8-17(23-18(16)19(15)24)22-14-9-12-5-3-4-6-13(12)10-14/h5-10,13,16H,3-4,11-12H2,1-2H3,(H,23,24);3-8,11,14H,2,9-10H2,1H3,(H,21,22)(H,25,26);3-8,11,14H,2,9-10H2,1H3,(H,21,24)(H,22,23). The Morgan fingerprint density at radius 3 is 1.24 bits per heavy atom. The van der Waals surface area contributed by atoms with Gasteiger partial charge in [-0.1, -0.05) is 72.8 Å². The fourth-order valence-electron chi connectivity index (χ4n) is 10.9. The maximum Gasteiger partial charge on any atom is 0.343 e. The zero-order valence-corrected chi connectivity index (χ0v) is 44.9. The summed E-state index contributed by atoms with van der Waals surface area (Å²) in [7, 11) is 0. The molecule has 3 aromatic carbocycles. The van der Waals surface area contributed by atoms with Gasteiger partial charge in [0.25, 0.3) is 0 Å². The van der Waals surface area contributed by atoms with E-state index in [1.54, 1.807) is 30.7 Å². The number of hydrogen-bond acceptors (Lipinski definition) is 14. The number of fused-ring (bicyclic) bond motifs is 6. The van der Waals surface area contributed by atoms with Crippen LogP contribution >= 0.6 is 0 Å². The molecule has 80 heavy (non-hydrogen) atoms. The Hall–Kier alpha value is -9.45. The molecule has 12 rings (SSSR count). The van der Waals surface area contributed by atoms with Crippen LogP contribution in [0.3, 0.4) is 0 Å². The van der Waals surface area contributed by atoms with Crippen molar-refractivity contribution in [1.29, 1.82) is 0 Å². The summed E-state index contributed by atoms with van der Waals surface area (Å²) in [6.45, 7) is 8.90. The van der Waals surface area contributed by atoms with Gasteiger partial charge in [0, 0.05) is 49.8 Å². The number of carboxylic acid groups (broad SMARTS) is 1. The maximum absolute atomic E-state index is 12.9. The molecule has 0 aliphatic heterocycles. The predicted octanol–water partition coefficient (Wildman–Crippen LogP) is 8.55. The Bertz CT molecular complexity index is 3960.